The lowest BCUT2D eigenvalue weighted by Crippen LogP contribution is -1.93. The summed E-state index contributed by atoms with van der Waals surface area (Å²) in [5.41, 5.74) is 1.42. The summed E-state index contributed by atoms with van der Waals surface area (Å²) in [7, 11) is 0. The average molecular weight is 373 g/mol. The monoisotopic (exact) mass is 372 g/mol. The van der Waals surface area contributed by atoms with Crippen LogP contribution >= 0.6 is 15.9 Å². The third kappa shape index (κ3) is 18.3. The zero-order valence-electron chi connectivity index (χ0n) is 15.6. The molecule has 0 radical (unpaired) electrons. The summed E-state index contributed by atoms with van der Waals surface area (Å²) >= 11 is 3.74. The first kappa shape index (κ1) is 22.2. The normalized spacial score (nSPS) is 12.4. The second kappa shape index (κ2) is 17.6. The molecule has 0 bridgehead atoms. The van der Waals surface area contributed by atoms with E-state index >= 15 is 0 Å². The van der Waals surface area contributed by atoms with Crippen molar-refractivity contribution in [1.29, 1.82) is 0 Å². The fourth-order valence-corrected chi connectivity index (χ4v) is 3.83. The van der Waals surface area contributed by atoms with Gasteiger partial charge in [0, 0.05) is 4.83 Å². The fourth-order valence-electron chi connectivity index (χ4n) is 2.98. The predicted octanol–water partition coefficient (Wildman–Crippen LogP) is 8.59. The maximum Gasteiger partial charge on any atom is 0.0327 e. The standard InChI is InChI=1S/C21H41Br/c1-4-5-6-7-8-9-10-11-12-13-14-15-16-17-18-21(22)19-20(2)3/h19,21H,4-18H2,1-3H3. The van der Waals surface area contributed by atoms with Gasteiger partial charge in [0.2, 0.25) is 0 Å². The molecule has 0 aromatic heterocycles. The lowest BCUT2D eigenvalue weighted by Gasteiger charge is -2.06. The van der Waals surface area contributed by atoms with Gasteiger partial charge in [-0.3, -0.25) is 0 Å². The van der Waals surface area contributed by atoms with Gasteiger partial charge in [0.05, 0.1) is 0 Å². The number of rotatable bonds is 16. The zero-order valence-corrected chi connectivity index (χ0v) is 17.2. The molecule has 0 aliphatic heterocycles. The van der Waals surface area contributed by atoms with Gasteiger partial charge < -0.3 is 0 Å². The summed E-state index contributed by atoms with van der Waals surface area (Å²) in [4.78, 5) is 0.592. The van der Waals surface area contributed by atoms with Crippen LogP contribution in [0.3, 0.4) is 0 Å². The predicted molar refractivity (Wildman–Crippen MR) is 107 cm³/mol. The van der Waals surface area contributed by atoms with E-state index in [0.717, 1.165) is 0 Å². The molecule has 0 nitrogen and oxygen atoms in total. The molecule has 0 saturated heterocycles. The number of hydrogen-bond donors (Lipinski definition) is 0. The van der Waals surface area contributed by atoms with E-state index in [-0.39, 0.29) is 0 Å². The molecule has 0 aromatic carbocycles. The Labute approximate surface area is 149 Å². The first-order valence-electron chi connectivity index (χ1n) is 9.96. The number of unbranched alkanes of at least 4 members (excludes halogenated alkanes) is 13. The smallest absolute Gasteiger partial charge is 0.0327 e. The minimum atomic E-state index is 0.592. The maximum atomic E-state index is 3.74. The Balaban J connectivity index is 3.10. The number of alkyl halides is 1. The molecule has 0 amide bonds. The van der Waals surface area contributed by atoms with Gasteiger partial charge in [0.25, 0.3) is 0 Å². The quantitative estimate of drug-likeness (QED) is 0.144. The van der Waals surface area contributed by atoms with Gasteiger partial charge in [-0.25, -0.2) is 0 Å². The largest absolute Gasteiger partial charge is 0.0845 e. The van der Waals surface area contributed by atoms with Crippen molar-refractivity contribution in [3.63, 3.8) is 0 Å². The minimum Gasteiger partial charge on any atom is -0.0845 e. The van der Waals surface area contributed by atoms with E-state index < -0.39 is 0 Å². The average Bonchev–Trinajstić information content (AvgIpc) is 2.47. The van der Waals surface area contributed by atoms with Gasteiger partial charge in [-0.15, -0.1) is 0 Å². The van der Waals surface area contributed by atoms with Crippen LogP contribution in [0.25, 0.3) is 0 Å². The highest BCUT2D eigenvalue weighted by atomic mass is 79.9. The number of allylic oxidation sites excluding steroid dienone is 2. The molecule has 1 unspecified atom stereocenters. The Hall–Kier alpha value is 0.220. The molecule has 0 aliphatic carbocycles. The van der Waals surface area contributed by atoms with Crippen LogP contribution in [-0.2, 0) is 0 Å². The van der Waals surface area contributed by atoms with Crippen LogP contribution in [0.2, 0.25) is 0 Å². The van der Waals surface area contributed by atoms with Crippen LogP contribution in [0.1, 0.15) is 117 Å². The Bertz CT molecular complexity index is 240. The Morgan fingerprint density at radius 2 is 1.05 bits per heavy atom. The molecule has 0 heterocycles. The highest BCUT2D eigenvalue weighted by Crippen LogP contribution is 2.16. The second-order valence-electron chi connectivity index (χ2n) is 7.14. The van der Waals surface area contributed by atoms with Crippen LogP contribution in [-0.4, -0.2) is 4.83 Å². The maximum absolute atomic E-state index is 3.74. The van der Waals surface area contributed by atoms with Crippen LogP contribution in [0, 0.1) is 0 Å². The third-order valence-electron chi connectivity index (χ3n) is 4.35. The van der Waals surface area contributed by atoms with Gasteiger partial charge in [-0.1, -0.05) is 124 Å². The van der Waals surface area contributed by atoms with E-state index in [1.807, 2.05) is 0 Å². The molecule has 0 saturated carbocycles. The second-order valence-corrected chi connectivity index (χ2v) is 8.32. The first-order valence-corrected chi connectivity index (χ1v) is 10.9. The molecule has 22 heavy (non-hydrogen) atoms. The molecule has 132 valence electrons. The molecule has 0 spiro atoms. The highest BCUT2D eigenvalue weighted by Gasteiger charge is 1.99. The topological polar surface area (TPSA) is 0 Å². The van der Waals surface area contributed by atoms with Crippen molar-refractivity contribution in [1.82, 2.24) is 0 Å². The van der Waals surface area contributed by atoms with E-state index in [9.17, 15) is 0 Å². The van der Waals surface area contributed by atoms with Gasteiger partial charge in [-0.2, -0.15) is 0 Å². The zero-order chi connectivity index (χ0) is 16.5. The van der Waals surface area contributed by atoms with E-state index in [1.54, 1.807) is 0 Å². The molecule has 0 N–H and O–H groups in total. The summed E-state index contributed by atoms with van der Waals surface area (Å²) in [6.07, 6.45) is 23.8. The van der Waals surface area contributed by atoms with Crippen LogP contribution in [0.5, 0.6) is 0 Å². The summed E-state index contributed by atoms with van der Waals surface area (Å²) < 4.78 is 0. The van der Waals surface area contributed by atoms with E-state index in [1.165, 1.54) is 102 Å². The molecule has 0 aliphatic rings. The Morgan fingerprint density at radius 1 is 0.682 bits per heavy atom. The van der Waals surface area contributed by atoms with Crippen LogP contribution < -0.4 is 0 Å². The molecule has 0 rings (SSSR count). The highest BCUT2D eigenvalue weighted by molar-refractivity contribution is 9.09. The summed E-state index contributed by atoms with van der Waals surface area (Å²) in [6, 6.07) is 0. The molecular weight excluding hydrogens is 332 g/mol. The molecular formula is C21H41Br. The van der Waals surface area contributed by atoms with E-state index in [4.69, 9.17) is 0 Å². The first-order chi connectivity index (χ1) is 10.7. The molecule has 1 atom stereocenters. The van der Waals surface area contributed by atoms with E-state index in [2.05, 4.69) is 42.8 Å². The lowest BCUT2D eigenvalue weighted by atomic mass is 10.0. The Kier molecular flexibility index (Phi) is 17.7. The third-order valence-corrected chi connectivity index (χ3v) is 5.07. The van der Waals surface area contributed by atoms with Crippen molar-refractivity contribution in [2.75, 3.05) is 0 Å². The summed E-state index contributed by atoms with van der Waals surface area (Å²) in [6.45, 7) is 6.65. The van der Waals surface area contributed by atoms with Gasteiger partial charge in [0.15, 0.2) is 0 Å². The van der Waals surface area contributed by atoms with Gasteiger partial charge >= 0.3 is 0 Å². The van der Waals surface area contributed by atoms with Gasteiger partial charge in [0.1, 0.15) is 0 Å². The molecule has 1 heteroatoms. The van der Waals surface area contributed by atoms with Crippen molar-refractivity contribution < 1.29 is 0 Å². The molecule has 0 fully saturated rings. The fraction of sp³-hybridized carbons (Fsp3) is 0.905. The lowest BCUT2D eigenvalue weighted by molar-refractivity contribution is 0.533. The number of hydrogen-bond acceptors (Lipinski definition) is 0. The Morgan fingerprint density at radius 3 is 1.41 bits per heavy atom. The van der Waals surface area contributed by atoms with Crippen LogP contribution in [0.4, 0.5) is 0 Å². The minimum absolute atomic E-state index is 0.592. The number of halogens is 1. The summed E-state index contributed by atoms with van der Waals surface area (Å²) in [5.74, 6) is 0. The van der Waals surface area contributed by atoms with Crippen molar-refractivity contribution in [2.24, 2.45) is 0 Å². The SMILES string of the molecule is CCCCCCCCCCCCCCCCC(Br)C=C(C)C. The van der Waals surface area contributed by atoms with Crippen molar-refractivity contribution in [2.45, 2.75) is 122 Å². The summed E-state index contributed by atoms with van der Waals surface area (Å²) in [5, 5.41) is 0. The van der Waals surface area contributed by atoms with Crippen molar-refractivity contribution in [3.8, 4) is 0 Å². The molecule has 0 aromatic rings. The van der Waals surface area contributed by atoms with Crippen molar-refractivity contribution >= 4 is 15.9 Å². The van der Waals surface area contributed by atoms with Crippen molar-refractivity contribution in [3.05, 3.63) is 11.6 Å². The van der Waals surface area contributed by atoms with Crippen LogP contribution in [0.15, 0.2) is 11.6 Å². The van der Waals surface area contributed by atoms with E-state index in [0.29, 0.717) is 4.83 Å². The van der Waals surface area contributed by atoms with Gasteiger partial charge in [-0.05, 0) is 20.3 Å².